The molecule has 106 valence electrons. The van der Waals surface area contributed by atoms with Gasteiger partial charge in [0, 0.05) is 12.3 Å². The Labute approximate surface area is 121 Å². The van der Waals surface area contributed by atoms with E-state index < -0.39 is 17.6 Å². The van der Waals surface area contributed by atoms with Crippen molar-refractivity contribution < 1.29 is 19.4 Å². The van der Waals surface area contributed by atoms with Crippen molar-refractivity contribution in [3.05, 3.63) is 42.5 Å². The third-order valence-electron chi connectivity index (χ3n) is 2.78. The van der Waals surface area contributed by atoms with Crippen LogP contribution in [0.25, 0.3) is 10.8 Å². The van der Waals surface area contributed by atoms with Crippen LogP contribution in [-0.4, -0.2) is 29.3 Å². The fourth-order valence-electron chi connectivity index (χ4n) is 1.88. The highest BCUT2D eigenvalue weighted by molar-refractivity contribution is 6.19. The lowest BCUT2D eigenvalue weighted by molar-refractivity contribution is -0.151. The van der Waals surface area contributed by atoms with Crippen LogP contribution in [0.2, 0.25) is 0 Å². The maximum Gasteiger partial charge on any atom is 0.303 e. The lowest BCUT2D eigenvalue weighted by atomic mass is 10.1. The fraction of sp³-hybridized carbons (Fsp3) is 0.267. The molecule has 0 radical (unpaired) electrons. The minimum Gasteiger partial charge on any atom is -0.489 e. The predicted molar refractivity (Wildman–Crippen MR) is 76.9 cm³/mol. The van der Waals surface area contributed by atoms with Gasteiger partial charge in [0.2, 0.25) is 0 Å². The van der Waals surface area contributed by atoms with Crippen LogP contribution in [0, 0.1) is 0 Å². The number of aliphatic hydroxyl groups excluding tert-OH is 1. The third-order valence-corrected chi connectivity index (χ3v) is 3.06. The summed E-state index contributed by atoms with van der Waals surface area (Å²) in [6, 6.07) is 13.4. The monoisotopic (exact) mass is 294 g/mol. The molecule has 0 saturated heterocycles. The number of ether oxygens (including phenoxy) is 2. The van der Waals surface area contributed by atoms with Crippen LogP contribution in [0.3, 0.4) is 0 Å². The molecular formula is C15H15ClO4. The summed E-state index contributed by atoms with van der Waals surface area (Å²) in [5.41, 5.74) is -1.31. The van der Waals surface area contributed by atoms with Crippen LogP contribution in [0.1, 0.15) is 6.92 Å². The normalized spacial score (nSPS) is 13.8. The molecule has 20 heavy (non-hydrogen) atoms. The number of fused-ring (bicyclic) bond motifs is 1. The molecule has 0 aliphatic rings. The standard InChI is InChI=1S/C15H15ClO4/c1-10(17)20-14(15(16)18)9-19-13-8-4-6-11-5-2-3-7-12(11)13/h2-8,14-15,18H,9H2,1H3. The van der Waals surface area contributed by atoms with Gasteiger partial charge >= 0.3 is 5.97 Å². The number of rotatable bonds is 5. The lowest BCUT2D eigenvalue weighted by Gasteiger charge is -2.19. The van der Waals surface area contributed by atoms with Gasteiger partial charge < -0.3 is 14.6 Å². The first-order valence-corrected chi connectivity index (χ1v) is 6.61. The summed E-state index contributed by atoms with van der Waals surface area (Å²) in [5.74, 6) is 0.133. The second-order valence-electron chi connectivity index (χ2n) is 4.31. The molecule has 1 N–H and O–H groups in total. The highest BCUT2D eigenvalue weighted by atomic mass is 35.5. The molecule has 2 rings (SSSR count). The number of aliphatic hydroxyl groups is 1. The largest absolute Gasteiger partial charge is 0.489 e. The Kier molecular flexibility index (Phi) is 4.82. The van der Waals surface area contributed by atoms with Crippen molar-refractivity contribution in [2.24, 2.45) is 0 Å². The SMILES string of the molecule is CC(=O)OC(COc1cccc2ccccc12)C(O)Cl. The van der Waals surface area contributed by atoms with Crippen LogP contribution >= 0.6 is 11.6 Å². The van der Waals surface area contributed by atoms with E-state index in [4.69, 9.17) is 21.1 Å². The Bertz CT molecular complexity index is 592. The Hall–Kier alpha value is -1.78. The van der Waals surface area contributed by atoms with E-state index in [1.54, 1.807) is 0 Å². The fourth-order valence-corrected chi connectivity index (χ4v) is 2.00. The van der Waals surface area contributed by atoms with E-state index >= 15 is 0 Å². The van der Waals surface area contributed by atoms with Gasteiger partial charge in [0.05, 0.1) is 0 Å². The molecule has 0 amide bonds. The molecule has 0 spiro atoms. The van der Waals surface area contributed by atoms with Gasteiger partial charge in [-0.2, -0.15) is 0 Å². The number of benzene rings is 2. The zero-order valence-corrected chi connectivity index (χ0v) is 11.7. The Morgan fingerprint density at radius 1 is 1.25 bits per heavy atom. The lowest BCUT2D eigenvalue weighted by Crippen LogP contribution is -2.32. The summed E-state index contributed by atoms with van der Waals surface area (Å²) < 4.78 is 10.5. The summed E-state index contributed by atoms with van der Waals surface area (Å²) in [4.78, 5) is 10.9. The van der Waals surface area contributed by atoms with Gasteiger partial charge in [0.1, 0.15) is 12.4 Å². The van der Waals surface area contributed by atoms with Crippen molar-refractivity contribution in [1.29, 1.82) is 0 Å². The van der Waals surface area contributed by atoms with Gasteiger partial charge in [-0.25, -0.2) is 0 Å². The molecule has 2 unspecified atom stereocenters. The van der Waals surface area contributed by atoms with E-state index in [9.17, 15) is 9.90 Å². The Balaban J connectivity index is 2.13. The quantitative estimate of drug-likeness (QED) is 0.680. The van der Waals surface area contributed by atoms with Gasteiger partial charge in [-0.15, -0.1) is 0 Å². The van der Waals surface area contributed by atoms with Gasteiger partial charge in [-0.3, -0.25) is 4.79 Å². The zero-order chi connectivity index (χ0) is 14.5. The number of hydrogen-bond acceptors (Lipinski definition) is 4. The summed E-state index contributed by atoms with van der Waals surface area (Å²) in [6.45, 7) is 1.24. The highest BCUT2D eigenvalue weighted by Gasteiger charge is 2.21. The maximum atomic E-state index is 10.9. The maximum absolute atomic E-state index is 10.9. The topological polar surface area (TPSA) is 55.8 Å². The Morgan fingerprint density at radius 2 is 1.95 bits per heavy atom. The smallest absolute Gasteiger partial charge is 0.303 e. The van der Waals surface area contributed by atoms with Crippen molar-refractivity contribution in [3.8, 4) is 5.75 Å². The third kappa shape index (κ3) is 3.62. The van der Waals surface area contributed by atoms with Crippen LogP contribution in [-0.2, 0) is 9.53 Å². The first kappa shape index (κ1) is 14.6. The minimum atomic E-state index is -1.31. The molecule has 0 aromatic heterocycles. The number of alkyl halides is 1. The highest BCUT2D eigenvalue weighted by Crippen LogP contribution is 2.25. The molecule has 2 atom stereocenters. The van der Waals surface area contributed by atoms with E-state index in [-0.39, 0.29) is 6.61 Å². The summed E-state index contributed by atoms with van der Waals surface area (Å²) >= 11 is 5.57. The van der Waals surface area contributed by atoms with E-state index in [0.29, 0.717) is 5.75 Å². The van der Waals surface area contributed by atoms with E-state index in [1.165, 1.54) is 6.92 Å². The second kappa shape index (κ2) is 6.59. The second-order valence-corrected chi connectivity index (χ2v) is 4.76. The van der Waals surface area contributed by atoms with E-state index in [1.807, 2.05) is 42.5 Å². The predicted octanol–water partition coefficient (Wildman–Crippen LogP) is 2.71. The summed E-state index contributed by atoms with van der Waals surface area (Å²) in [6.07, 6.45) is -0.909. The minimum absolute atomic E-state index is 0.0156. The van der Waals surface area contributed by atoms with Crippen molar-refractivity contribution >= 4 is 28.3 Å². The van der Waals surface area contributed by atoms with Crippen molar-refractivity contribution in [2.75, 3.05) is 6.61 Å². The molecular weight excluding hydrogens is 280 g/mol. The van der Waals surface area contributed by atoms with Crippen LogP contribution in [0.4, 0.5) is 0 Å². The number of hydrogen-bond donors (Lipinski definition) is 1. The van der Waals surface area contributed by atoms with E-state index in [0.717, 1.165) is 10.8 Å². The van der Waals surface area contributed by atoms with Crippen LogP contribution in [0.15, 0.2) is 42.5 Å². The molecule has 0 saturated carbocycles. The number of carbonyl (C=O) groups is 1. The molecule has 2 aromatic rings. The molecule has 0 aliphatic carbocycles. The van der Waals surface area contributed by atoms with Gasteiger partial charge in [0.25, 0.3) is 0 Å². The Morgan fingerprint density at radius 3 is 2.65 bits per heavy atom. The molecule has 0 bridgehead atoms. The van der Waals surface area contributed by atoms with Crippen molar-refractivity contribution in [2.45, 2.75) is 18.6 Å². The number of esters is 1. The van der Waals surface area contributed by atoms with Crippen LogP contribution < -0.4 is 4.74 Å². The first-order chi connectivity index (χ1) is 9.58. The molecule has 0 fully saturated rings. The zero-order valence-electron chi connectivity index (χ0n) is 11.0. The van der Waals surface area contributed by atoms with Gasteiger partial charge in [-0.05, 0) is 11.5 Å². The molecule has 4 nitrogen and oxygen atoms in total. The summed E-state index contributed by atoms with van der Waals surface area (Å²) in [5, 5.41) is 11.3. The molecule has 5 heteroatoms. The molecule has 0 heterocycles. The number of halogens is 1. The van der Waals surface area contributed by atoms with Gasteiger partial charge in [0.15, 0.2) is 11.7 Å². The molecule has 0 aliphatic heterocycles. The average Bonchev–Trinajstić information content (AvgIpc) is 2.42. The average molecular weight is 295 g/mol. The van der Waals surface area contributed by atoms with Crippen LogP contribution in [0.5, 0.6) is 5.75 Å². The number of carbonyl (C=O) groups excluding carboxylic acids is 1. The van der Waals surface area contributed by atoms with Crippen molar-refractivity contribution in [3.63, 3.8) is 0 Å². The first-order valence-electron chi connectivity index (χ1n) is 6.18. The summed E-state index contributed by atoms with van der Waals surface area (Å²) in [7, 11) is 0. The molecule has 2 aromatic carbocycles. The van der Waals surface area contributed by atoms with E-state index in [2.05, 4.69) is 0 Å². The van der Waals surface area contributed by atoms with Gasteiger partial charge in [-0.1, -0.05) is 48.0 Å². The van der Waals surface area contributed by atoms with Crippen molar-refractivity contribution in [1.82, 2.24) is 0 Å².